The number of amides is 1. The Morgan fingerprint density at radius 2 is 1.96 bits per heavy atom. The zero-order chi connectivity index (χ0) is 17.5. The third kappa shape index (κ3) is 2.79. The highest BCUT2D eigenvalue weighted by molar-refractivity contribution is 5.94. The van der Waals surface area contributed by atoms with E-state index in [9.17, 15) is 23.1 Å². The summed E-state index contributed by atoms with van der Waals surface area (Å²) >= 11 is 0. The number of alkyl halides is 3. The highest BCUT2D eigenvalue weighted by Gasteiger charge is 2.68. The maximum Gasteiger partial charge on any atom is 0.437 e. The lowest BCUT2D eigenvalue weighted by Gasteiger charge is -2.34. The average molecular weight is 341 g/mol. The molecule has 0 spiro atoms. The normalized spacial score (nSPS) is 20.3. The molecule has 1 amide bonds. The van der Waals surface area contributed by atoms with E-state index in [4.69, 9.17) is 0 Å². The van der Waals surface area contributed by atoms with Crippen LogP contribution in [0.1, 0.15) is 34.3 Å². The molecule has 0 unspecified atom stereocenters. The van der Waals surface area contributed by atoms with Gasteiger partial charge in [-0.3, -0.25) is 4.79 Å². The fraction of sp³-hybridized carbons (Fsp3) is 0.562. The third-order valence-corrected chi connectivity index (χ3v) is 4.85. The van der Waals surface area contributed by atoms with E-state index in [0.29, 0.717) is 11.1 Å². The van der Waals surface area contributed by atoms with Crippen molar-refractivity contribution < 1.29 is 23.1 Å². The molecule has 0 aromatic heterocycles. The maximum absolute atomic E-state index is 13.0. The van der Waals surface area contributed by atoms with Gasteiger partial charge in [-0.25, -0.2) is 0 Å². The Labute approximate surface area is 137 Å². The summed E-state index contributed by atoms with van der Waals surface area (Å²) in [6.45, 7) is 2.17. The first-order chi connectivity index (χ1) is 11.3. The van der Waals surface area contributed by atoms with Gasteiger partial charge >= 0.3 is 6.18 Å². The molecule has 1 aromatic rings. The SMILES string of the molecule is Cc1ccc(C(=O)N2CCC(C3(C(F)(F)F)N=N3)CC2)cc1CO. The van der Waals surface area contributed by atoms with Crippen molar-refractivity contribution in [3.8, 4) is 0 Å². The van der Waals surface area contributed by atoms with Crippen molar-refractivity contribution in [3.05, 3.63) is 34.9 Å². The molecule has 2 aliphatic rings. The summed E-state index contributed by atoms with van der Waals surface area (Å²) in [5, 5.41) is 15.8. The van der Waals surface area contributed by atoms with Gasteiger partial charge in [-0.2, -0.15) is 13.2 Å². The summed E-state index contributed by atoms with van der Waals surface area (Å²) in [6.07, 6.45) is -4.02. The highest BCUT2D eigenvalue weighted by atomic mass is 19.4. The van der Waals surface area contributed by atoms with Crippen LogP contribution < -0.4 is 0 Å². The number of aliphatic hydroxyl groups excluding tert-OH is 1. The number of piperidine rings is 1. The summed E-state index contributed by atoms with van der Waals surface area (Å²) in [6, 6.07) is 5.06. The highest BCUT2D eigenvalue weighted by Crippen LogP contribution is 2.52. The van der Waals surface area contributed by atoms with Crippen molar-refractivity contribution in [1.29, 1.82) is 0 Å². The average Bonchev–Trinajstić information content (AvgIpc) is 3.36. The Bertz CT molecular complexity index is 674. The van der Waals surface area contributed by atoms with Crippen LogP contribution in [0.4, 0.5) is 13.2 Å². The predicted molar refractivity (Wildman–Crippen MR) is 79.4 cm³/mol. The number of hydrogen-bond donors (Lipinski definition) is 1. The van der Waals surface area contributed by atoms with Crippen molar-refractivity contribution in [2.45, 2.75) is 38.2 Å². The summed E-state index contributed by atoms with van der Waals surface area (Å²) in [7, 11) is 0. The number of carbonyl (C=O) groups excluding carboxylic acids is 1. The first-order valence-corrected chi connectivity index (χ1v) is 7.79. The van der Waals surface area contributed by atoms with Gasteiger partial charge in [0.05, 0.1) is 6.61 Å². The molecule has 8 heteroatoms. The topological polar surface area (TPSA) is 65.3 Å². The number of likely N-dealkylation sites (tertiary alicyclic amines) is 1. The van der Waals surface area contributed by atoms with E-state index in [0.717, 1.165) is 5.56 Å². The first-order valence-electron chi connectivity index (χ1n) is 7.79. The zero-order valence-corrected chi connectivity index (χ0v) is 13.2. The van der Waals surface area contributed by atoms with Crippen LogP contribution in [0.3, 0.4) is 0 Å². The van der Waals surface area contributed by atoms with Gasteiger partial charge < -0.3 is 10.0 Å². The van der Waals surface area contributed by atoms with E-state index in [1.165, 1.54) is 0 Å². The quantitative estimate of drug-likeness (QED) is 0.918. The van der Waals surface area contributed by atoms with Crippen LogP contribution in [-0.4, -0.2) is 40.8 Å². The van der Waals surface area contributed by atoms with E-state index >= 15 is 0 Å². The molecular weight excluding hydrogens is 323 g/mol. The van der Waals surface area contributed by atoms with Crippen LogP contribution >= 0.6 is 0 Å². The molecule has 0 aliphatic carbocycles. The van der Waals surface area contributed by atoms with Gasteiger partial charge in [-0.05, 0) is 43.0 Å². The fourth-order valence-electron chi connectivity index (χ4n) is 3.20. The molecule has 24 heavy (non-hydrogen) atoms. The number of halogens is 3. The van der Waals surface area contributed by atoms with Gasteiger partial charge in [-0.1, -0.05) is 6.07 Å². The summed E-state index contributed by atoms with van der Waals surface area (Å²) in [5.41, 5.74) is -0.246. The van der Waals surface area contributed by atoms with E-state index < -0.39 is 17.8 Å². The van der Waals surface area contributed by atoms with Crippen LogP contribution in [0.15, 0.2) is 28.4 Å². The van der Waals surface area contributed by atoms with Crippen LogP contribution in [0.25, 0.3) is 0 Å². The van der Waals surface area contributed by atoms with E-state index in [1.54, 1.807) is 23.1 Å². The molecule has 1 fully saturated rings. The Balaban J connectivity index is 1.66. The maximum atomic E-state index is 13.0. The molecule has 1 N–H and O–H groups in total. The van der Waals surface area contributed by atoms with Crippen LogP contribution in [0.2, 0.25) is 0 Å². The van der Waals surface area contributed by atoms with Crippen molar-refractivity contribution >= 4 is 5.91 Å². The first kappa shape index (κ1) is 16.9. The summed E-state index contributed by atoms with van der Waals surface area (Å²) < 4.78 is 39.1. The molecule has 2 aliphatic heterocycles. The smallest absolute Gasteiger partial charge is 0.392 e. The predicted octanol–water partition coefficient (Wildman–Crippen LogP) is 3.06. The Hall–Kier alpha value is -1.96. The molecule has 1 aromatic carbocycles. The second kappa shape index (κ2) is 5.84. The number of aryl methyl sites for hydroxylation is 1. The number of benzene rings is 1. The molecule has 5 nitrogen and oxygen atoms in total. The lowest BCUT2D eigenvalue weighted by molar-refractivity contribution is -0.179. The van der Waals surface area contributed by atoms with Crippen LogP contribution in [0, 0.1) is 12.8 Å². The molecule has 0 atom stereocenters. The second-order valence-electron chi connectivity index (χ2n) is 6.29. The zero-order valence-electron chi connectivity index (χ0n) is 13.2. The van der Waals surface area contributed by atoms with Crippen LogP contribution in [0.5, 0.6) is 0 Å². The molecule has 2 heterocycles. The van der Waals surface area contributed by atoms with Gasteiger partial charge in [0.1, 0.15) is 0 Å². The van der Waals surface area contributed by atoms with Gasteiger partial charge in [0.25, 0.3) is 11.6 Å². The van der Waals surface area contributed by atoms with Crippen molar-refractivity contribution in [3.63, 3.8) is 0 Å². The fourth-order valence-corrected chi connectivity index (χ4v) is 3.20. The van der Waals surface area contributed by atoms with Crippen LogP contribution in [-0.2, 0) is 6.61 Å². The monoisotopic (exact) mass is 341 g/mol. The number of carbonyl (C=O) groups is 1. The summed E-state index contributed by atoms with van der Waals surface area (Å²) in [5.74, 6) is -0.929. The molecule has 0 bridgehead atoms. The Morgan fingerprint density at radius 1 is 1.33 bits per heavy atom. The standard InChI is InChI=1S/C16H18F3N3O2/c1-10-2-3-11(8-12(10)9-23)14(24)22-6-4-13(5-7-22)15(20-21-15)16(17,18)19/h2-3,8,13,23H,4-7,9H2,1H3. The molecule has 130 valence electrons. The molecule has 1 saturated heterocycles. The van der Waals surface area contributed by atoms with E-state index in [1.807, 2.05) is 6.92 Å². The molecule has 0 saturated carbocycles. The van der Waals surface area contributed by atoms with Gasteiger partial charge in [-0.15, -0.1) is 10.2 Å². The third-order valence-electron chi connectivity index (χ3n) is 4.85. The molecule has 0 radical (unpaired) electrons. The minimum atomic E-state index is -4.46. The number of rotatable bonds is 3. The van der Waals surface area contributed by atoms with Crippen molar-refractivity contribution in [2.75, 3.05) is 13.1 Å². The Kier molecular flexibility index (Phi) is 4.11. The Morgan fingerprint density at radius 3 is 2.46 bits per heavy atom. The molecular formula is C16H18F3N3O2. The number of aliphatic hydroxyl groups is 1. The minimum absolute atomic E-state index is 0.161. The van der Waals surface area contributed by atoms with E-state index in [2.05, 4.69) is 10.2 Å². The second-order valence-corrected chi connectivity index (χ2v) is 6.29. The van der Waals surface area contributed by atoms with Gasteiger partial charge in [0, 0.05) is 24.6 Å². The van der Waals surface area contributed by atoms with Gasteiger partial charge in [0.15, 0.2) is 0 Å². The van der Waals surface area contributed by atoms with Gasteiger partial charge in [0.2, 0.25) is 0 Å². The largest absolute Gasteiger partial charge is 0.437 e. The van der Waals surface area contributed by atoms with Crippen molar-refractivity contribution in [2.24, 2.45) is 16.1 Å². The minimum Gasteiger partial charge on any atom is -0.392 e. The lowest BCUT2D eigenvalue weighted by atomic mass is 9.86. The summed E-state index contributed by atoms with van der Waals surface area (Å²) in [4.78, 5) is 14.1. The number of nitrogens with zero attached hydrogens (tertiary/aromatic N) is 3. The lowest BCUT2D eigenvalue weighted by Crippen LogP contribution is -2.47. The van der Waals surface area contributed by atoms with E-state index in [-0.39, 0.29) is 38.4 Å². The number of hydrogen-bond acceptors (Lipinski definition) is 4. The molecule has 3 rings (SSSR count). The van der Waals surface area contributed by atoms with Crippen molar-refractivity contribution in [1.82, 2.24) is 4.90 Å².